The third-order valence-electron chi connectivity index (χ3n) is 11.0. The molecule has 0 spiro atoms. The average Bonchev–Trinajstić information content (AvgIpc) is 3.82. The van der Waals surface area contributed by atoms with Crippen molar-refractivity contribution in [1.82, 2.24) is 0 Å². The van der Waals surface area contributed by atoms with Crippen molar-refractivity contribution in [1.29, 1.82) is 0 Å². The fraction of sp³-hybridized carbons (Fsp3) is 0.0196. The molecule has 0 unspecified atom stereocenters. The van der Waals surface area contributed by atoms with E-state index in [1.807, 2.05) is 11.3 Å². The predicted molar refractivity (Wildman–Crippen MR) is 228 cm³/mol. The van der Waals surface area contributed by atoms with Crippen molar-refractivity contribution in [3.8, 4) is 43.8 Å². The summed E-state index contributed by atoms with van der Waals surface area (Å²) in [6, 6.07) is 64.1. The zero-order valence-electron chi connectivity index (χ0n) is 29.1. The molecule has 0 amide bonds. The summed E-state index contributed by atoms with van der Waals surface area (Å²) in [5, 5.41) is 12.2. The van der Waals surface area contributed by atoms with Crippen molar-refractivity contribution >= 4 is 76.4 Å². The molecule has 0 saturated carbocycles. The van der Waals surface area contributed by atoms with Gasteiger partial charge in [0.25, 0.3) is 0 Å². The molecule has 0 atom stereocenters. The third-order valence-corrected chi connectivity index (χ3v) is 12.0. The molecule has 9 aromatic carbocycles. The van der Waals surface area contributed by atoms with Gasteiger partial charge in [0.05, 0.1) is 0 Å². The maximum absolute atomic E-state index is 7.03. The van der Waals surface area contributed by atoms with Gasteiger partial charge in [-0.15, -0.1) is 11.3 Å². The van der Waals surface area contributed by atoms with E-state index in [-0.39, 0.29) is 0 Å². The van der Waals surface area contributed by atoms with Gasteiger partial charge in [-0.2, -0.15) is 0 Å². The topological polar surface area (TPSA) is 13.1 Å². The molecule has 0 aliphatic rings. The van der Waals surface area contributed by atoms with E-state index >= 15 is 0 Å². The van der Waals surface area contributed by atoms with E-state index in [1.54, 1.807) is 0 Å². The first-order valence-electron chi connectivity index (χ1n) is 18.2. The van der Waals surface area contributed by atoms with E-state index in [0.717, 1.165) is 33.1 Å². The van der Waals surface area contributed by atoms with E-state index in [2.05, 4.69) is 183 Å². The van der Waals surface area contributed by atoms with Crippen LogP contribution in [0, 0.1) is 6.92 Å². The summed E-state index contributed by atoms with van der Waals surface area (Å²) in [7, 11) is 0. The van der Waals surface area contributed by atoms with Crippen LogP contribution >= 0.6 is 11.3 Å². The van der Waals surface area contributed by atoms with Gasteiger partial charge in [-0.25, -0.2) is 0 Å². The van der Waals surface area contributed by atoms with Gasteiger partial charge in [-0.1, -0.05) is 152 Å². The highest BCUT2D eigenvalue weighted by Gasteiger charge is 2.22. The molecule has 0 radical (unpaired) electrons. The van der Waals surface area contributed by atoms with Gasteiger partial charge in [0.2, 0.25) is 0 Å². The molecule has 1 nitrogen and oxygen atoms in total. The number of fused-ring (bicyclic) bond motifs is 7. The summed E-state index contributed by atoms with van der Waals surface area (Å²) in [5.74, 6) is 0. The lowest BCUT2D eigenvalue weighted by molar-refractivity contribution is 0.670. The Morgan fingerprint density at radius 1 is 0.358 bits per heavy atom. The number of para-hydroxylation sites is 1. The van der Waals surface area contributed by atoms with Gasteiger partial charge in [-0.05, 0) is 96.5 Å². The lowest BCUT2D eigenvalue weighted by atomic mass is 9.85. The monoisotopic (exact) mass is 692 g/mol. The Hall–Kier alpha value is -6.48. The van der Waals surface area contributed by atoms with Crippen molar-refractivity contribution in [3.63, 3.8) is 0 Å². The molecular weight excluding hydrogens is 661 g/mol. The highest BCUT2D eigenvalue weighted by Crippen LogP contribution is 2.48. The van der Waals surface area contributed by atoms with Crippen LogP contribution in [0.15, 0.2) is 180 Å². The first-order chi connectivity index (χ1) is 26.2. The zero-order chi connectivity index (χ0) is 35.0. The molecule has 248 valence electrons. The summed E-state index contributed by atoms with van der Waals surface area (Å²) >= 11 is 1.86. The molecule has 0 fully saturated rings. The first-order valence-corrected chi connectivity index (χ1v) is 19.0. The van der Waals surface area contributed by atoms with Gasteiger partial charge >= 0.3 is 0 Å². The van der Waals surface area contributed by atoms with Crippen molar-refractivity contribution in [2.75, 3.05) is 0 Å². The standard InChI is InChI=1S/C51H32OS/c1-31-26-29-46(53-31)50-41-22-11-7-18-37(41)48(38-19-8-12-23-42(38)50)33-27-28-34-43-24-13-25-44(51(43)52-45(34)30-33)49-39-20-9-5-16-35(39)47(32-14-3-2-4-15-32)36-17-6-10-21-40(36)49/h2-30H,1H3. The van der Waals surface area contributed by atoms with Crippen molar-refractivity contribution in [3.05, 3.63) is 181 Å². The van der Waals surface area contributed by atoms with E-state index in [9.17, 15) is 0 Å². The lowest BCUT2D eigenvalue weighted by Crippen LogP contribution is -1.90. The summed E-state index contributed by atoms with van der Waals surface area (Å²) in [6.45, 7) is 2.19. The first kappa shape index (κ1) is 30.2. The summed E-state index contributed by atoms with van der Waals surface area (Å²) in [4.78, 5) is 2.62. The third kappa shape index (κ3) is 4.56. The smallest absolute Gasteiger partial charge is 0.143 e. The summed E-state index contributed by atoms with van der Waals surface area (Å²) < 4.78 is 7.03. The fourth-order valence-electron chi connectivity index (χ4n) is 8.76. The quantitative estimate of drug-likeness (QED) is 0.167. The Kier molecular flexibility index (Phi) is 6.71. The molecule has 0 aliphatic carbocycles. The van der Waals surface area contributed by atoms with E-state index in [1.165, 1.54) is 80.7 Å². The lowest BCUT2D eigenvalue weighted by Gasteiger charge is -2.17. The van der Waals surface area contributed by atoms with Gasteiger partial charge in [0.15, 0.2) is 0 Å². The number of furan rings is 1. The van der Waals surface area contributed by atoms with Gasteiger partial charge in [0.1, 0.15) is 11.2 Å². The van der Waals surface area contributed by atoms with Crippen LogP contribution in [0.4, 0.5) is 0 Å². The van der Waals surface area contributed by atoms with Crippen LogP contribution in [-0.2, 0) is 0 Å². The van der Waals surface area contributed by atoms with Crippen molar-refractivity contribution < 1.29 is 4.42 Å². The maximum Gasteiger partial charge on any atom is 0.143 e. The molecule has 0 saturated heterocycles. The zero-order valence-corrected chi connectivity index (χ0v) is 29.9. The van der Waals surface area contributed by atoms with Crippen molar-refractivity contribution in [2.24, 2.45) is 0 Å². The molecule has 0 bridgehead atoms. The predicted octanol–water partition coefficient (Wildman–Crippen LogP) is 15.2. The normalized spacial score (nSPS) is 11.9. The Morgan fingerprint density at radius 3 is 1.40 bits per heavy atom. The van der Waals surface area contributed by atoms with Crippen LogP contribution in [0.1, 0.15) is 4.88 Å². The molecule has 11 rings (SSSR count). The number of thiophene rings is 1. The minimum Gasteiger partial charge on any atom is -0.455 e. The molecule has 11 aromatic rings. The Bertz CT molecular complexity index is 3120. The number of hydrogen-bond acceptors (Lipinski definition) is 2. The summed E-state index contributed by atoms with van der Waals surface area (Å²) in [6.07, 6.45) is 0. The van der Waals surface area contributed by atoms with Crippen LogP contribution < -0.4 is 0 Å². The number of aryl methyl sites for hydroxylation is 1. The largest absolute Gasteiger partial charge is 0.455 e. The van der Waals surface area contributed by atoms with Crippen LogP contribution in [0.3, 0.4) is 0 Å². The van der Waals surface area contributed by atoms with Gasteiger partial charge in [-0.3, -0.25) is 0 Å². The highest BCUT2D eigenvalue weighted by atomic mass is 32.1. The Labute approximate surface area is 311 Å². The second-order valence-corrected chi connectivity index (χ2v) is 15.2. The Morgan fingerprint density at radius 2 is 0.849 bits per heavy atom. The van der Waals surface area contributed by atoms with E-state index in [4.69, 9.17) is 4.42 Å². The SMILES string of the molecule is Cc1ccc(-c2c3ccccc3c(-c3ccc4c(c3)oc3c(-c5c6ccccc6c(-c6ccccc6)c6ccccc56)cccc34)c3ccccc23)s1. The number of hydrogen-bond donors (Lipinski definition) is 0. The fourth-order valence-corrected chi connectivity index (χ4v) is 9.70. The van der Waals surface area contributed by atoms with Crippen LogP contribution in [0.2, 0.25) is 0 Å². The maximum atomic E-state index is 7.03. The van der Waals surface area contributed by atoms with Gasteiger partial charge in [0, 0.05) is 37.2 Å². The molecule has 2 heteroatoms. The average molecular weight is 693 g/mol. The Balaban J connectivity index is 1.17. The molecular formula is C51H32OS. The molecule has 53 heavy (non-hydrogen) atoms. The minimum atomic E-state index is 0.894. The second-order valence-electron chi connectivity index (χ2n) is 14.0. The second kappa shape index (κ2) is 11.8. The molecule has 0 aliphatic heterocycles. The van der Waals surface area contributed by atoms with Crippen LogP contribution in [0.5, 0.6) is 0 Å². The number of benzene rings is 9. The van der Waals surface area contributed by atoms with E-state index < -0.39 is 0 Å². The summed E-state index contributed by atoms with van der Waals surface area (Å²) in [5.41, 5.74) is 10.3. The molecule has 0 N–H and O–H groups in total. The van der Waals surface area contributed by atoms with Crippen LogP contribution in [-0.4, -0.2) is 0 Å². The highest BCUT2D eigenvalue weighted by molar-refractivity contribution is 7.15. The van der Waals surface area contributed by atoms with E-state index in [0.29, 0.717) is 0 Å². The minimum absolute atomic E-state index is 0.894. The molecule has 2 heterocycles. The van der Waals surface area contributed by atoms with Crippen molar-refractivity contribution in [2.45, 2.75) is 6.92 Å². The van der Waals surface area contributed by atoms with Gasteiger partial charge < -0.3 is 4.42 Å². The number of rotatable bonds is 4. The molecule has 2 aromatic heterocycles. The van der Waals surface area contributed by atoms with Crippen LogP contribution in [0.25, 0.3) is 109 Å².